The number of phenols is 1. The van der Waals surface area contributed by atoms with Crippen LogP contribution in [-0.4, -0.2) is 11.1 Å². The zero-order valence-corrected chi connectivity index (χ0v) is 10.2. The van der Waals surface area contributed by atoms with Gasteiger partial charge in [0, 0.05) is 17.2 Å². The van der Waals surface area contributed by atoms with Gasteiger partial charge in [0.2, 0.25) is 0 Å². The molecule has 19 heavy (non-hydrogen) atoms. The lowest BCUT2D eigenvalue weighted by Crippen LogP contribution is -2.03. The van der Waals surface area contributed by atoms with Gasteiger partial charge in [-0.05, 0) is 24.6 Å². The smallest absolute Gasteiger partial charge is 0.339 e. The number of esters is 1. The van der Waals surface area contributed by atoms with E-state index in [2.05, 4.69) is 0 Å². The fraction of sp³-hybridized carbons (Fsp3) is 0.133. The summed E-state index contributed by atoms with van der Waals surface area (Å²) in [5, 5.41) is 9.44. The molecule has 2 aromatic carbocycles. The number of benzene rings is 2. The number of hydrogen-bond donors (Lipinski definition) is 1. The van der Waals surface area contributed by atoms with Crippen molar-refractivity contribution in [3.63, 3.8) is 0 Å². The fourth-order valence-electron chi connectivity index (χ4n) is 2.33. The normalized spacial score (nSPS) is 13.3. The number of aryl methyl sites for hydroxylation is 1. The van der Waals surface area contributed by atoms with E-state index in [9.17, 15) is 14.3 Å². The maximum Gasteiger partial charge on any atom is 0.339 e. The standard InChI is InChI=1S/C15H11FO3/c1-8-2-3-11-12(4-8)15(18)19-7-9-5-10(17)6-13(16)14(9)11/h2-6,17H,7H2,1H3. The van der Waals surface area contributed by atoms with Crippen LogP contribution in [0.2, 0.25) is 0 Å². The number of phenolic OH excluding ortho intramolecular Hbond substituents is 1. The lowest BCUT2D eigenvalue weighted by Gasteiger charge is -2.09. The van der Waals surface area contributed by atoms with Crippen LogP contribution in [0.1, 0.15) is 21.5 Å². The van der Waals surface area contributed by atoms with E-state index < -0.39 is 11.8 Å². The average Bonchev–Trinajstić information content (AvgIpc) is 2.48. The number of cyclic esters (lactones) is 1. The van der Waals surface area contributed by atoms with Gasteiger partial charge in [-0.25, -0.2) is 9.18 Å². The Hall–Kier alpha value is -2.36. The molecule has 0 spiro atoms. The van der Waals surface area contributed by atoms with Crippen LogP contribution in [0.25, 0.3) is 11.1 Å². The van der Waals surface area contributed by atoms with Crippen LogP contribution >= 0.6 is 0 Å². The molecule has 0 saturated heterocycles. The number of ether oxygens (including phenoxy) is 1. The SMILES string of the molecule is Cc1ccc2c(c1)C(=O)OCc1cc(O)cc(F)c1-2. The minimum Gasteiger partial charge on any atom is -0.508 e. The van der Waals surface area contributed by atoms with Crippen LogP contribution in [0.4, 0.5) is 4.39 Å². The highest BCUT2D eigenvalue weighted by Crippen LogP contribution is 2.36. The maximum absolute atomic E-state index is 14.1. The summed E-state index contributed by atoms with van der Waals surface area (Å²) in [7, 11) is 0. The predicted molar refractivity (Wildman–Crippen MR) is 67.4 cm³/mol. The van der Waals surface area contributed by atoms with Crippen molar-refractivity contribution in [3.05, 3.63) is 52.8 Å². The number of aromatic hydroxyl groups is 1. The van der Waals surface area contributed by atoms with Gasteiger partial charge >= 0.3 is 5.97 Å². The minimum atomic E-state index is -0.557. The lowest BCUT2D eigenvalue weighted by atomic mass is 9.94. The molecule has 0 saturated carbocycles. The Balaban J connectivity index is 2.36. The Bertz CT molecular complexity index is 692. The first-order valence-corrected chi connectivity index (χ1v) is 5.86. The number of hydrogen-bond acceptors (Lipinski definition) is 3. The zero-order chi connectivity index (χ0) is 13.6. The molecule has 0 bridgehead atoms. The van der Waals surface area contributed by atoms with E-state index in [4.69, 9.17) is 4.74 Å². The first-order valence-electron chi connectivity index (χ1n) is 5.86. The van der Waals surface area contributed by atoms with Gasteiger partial charge in [-0.15, -0.1) is 0 Å². The molecule has 1 heterocycles. The summed E-state index contributed by atoms with van der Waals surface area (Å²) < 4.78 is 19.2. The van der Waals surface area contributed by atoms with Gasteiger partial charge < -0.3 is 9.84 Å². The Morgan fingerprint density at radius 3 is 2.79 bits per heavy atom. The number of carbonyl (C=O) groups excluding carboxylic acids is 1. The van der Waals surface area contributed by atoms with E-state index in [-0.39, 0.29) is 12.4 Å². The summed E-state index contributed by atoms with van der Waals surface area (Å²) in [6.45, 7) is 1.81. The highest BCUT2D eigenvalue weighted by molar-refractivity contribution is 5.99. The molecular weight excluding hydrogens is 247 g/mol. The third kappa shape index (κ3) is 1.85. The third-order valence-corrected chi connectivity index (χ3v) is 3.18. The molecule has 96 valence electrons. The van der Waals surface area contributed by atoms with Crippen LogP contribution in [-0.2, 0) is 11.3 Å². The van der Waals surface area contributed by atoms with Crippen LogP contribution in [0, 0.1) is 12.7 Å². The molecule has 0 aromatic heterocycles. The number of rotatable bonds is 0. The molecule has 0 radical (unpaired) electrons. The van der Waals surface area contributed by atoms with E-state index in [0.717, 1.165) is 11.6 Å². The Labute approximate surface area is 109 Å². The molecule has 1 aliphatic rings. The van der Waals surface area contributed by atoms with Crippen molar-refractivity contribution in [2.24, 2.45) is 0 Å². The average molecular weight is 258 g/mol. The molecule has 1 N–H and O–H groups in total. The maximum atomic E-state index is 14.1. The zero-order valence-electron chi connectivity index (χ0n) is 10.2. The van der Waals surface area contributed by atoms with Crippen molar-refractivity contribution in [1.29, 1.82) is 0 Å². The summed E-state index contributed by atoms with van der Waals surface area (Å²) in [6.07, 6.45) is 0. The Morgan fingerprint density at radius 1 is 1.21 bits per heavy atom. The highest BCUT2D eigenvalue weighted by atomic mass is 19.1. The van der Waals surface area contributed by atoms with Gasteiger partial charge in [-0.3, -0.25) is 0 Å². The third-order valence-electron chi connectivity index (χ3n) is 3.18. The van der Waals surface area contributed by atoms with Crippen LogP contribution < -0.4 is 0 Å². The largest absolute Gasteiger partial charge is 0.508 e. The molecule has 3 rings (SSSR count). The van der Waals surface area contributed by atoms with Gasteiger partial charge in [-0.1, -0.05) is 17.7 Å². The summed E-state index contributed by atoms with van der Waals surface area (Å²) in [6, 6.07) is 7.65. The molecular formula is C15H11FO3. The van der Waals surface area contributed by atoms with Crippen molar-refractivity contribution < 1.29 is 19.0 Å². The highest BCUT2D eigenvalue weighted by Gasteiger charge is 2.24. The fourth-order valence-corrected chi connectivity index (χ4v) is 2.33. The van der Waals surface area contributed by atoms with Crippen LogP contribution in [0.3, 0.4) is 0 Å². The molecule has 0 amide bonds. The van der Waals surface area contributed by atoms with Crippen molar-refractivity contribution in [2.45, 2.75) is 13.5 Å². The molecule has 0 unspecified atom stereocenters. The second kappa shape index (κ2) is 4.09. The number of carbonyl (C=O) groups is 1. The topological polar surface area (TPSA) is 46.5 Å². The first kappa shape index (κ1) is 11.7. The van der Waals surface area contributed by atoms with Gasteiger partial charge in [0.05, 0.1) is 5.56 Å². The second-order valence-corrected chi connectivity index (χ2v) is 4.59. The molecule has 3 nitrogen and oxygen atoms in total. The van der Waals surface area contributed by atoms with E-state index in [1.165, 1.54) is 6.07 Å². The van der Waals surface area contributed by atoms with Gasteiger partial charge in [0.1, 0.15) is 18.2 Å². The molecule has 1 aliphatic heterocycles. The van der Waals surface area contributed by atoms with Gasteiger partial charge in [0.25, 0.3) is 0 Å². The quantitative estimate of drug-likeness (QED) is 0.738. The Kier molecular flexibility index (Phi) is 2.52. The predicted octanol–water partition coefficient (Wildman–Crippen LogP) is 3.18. The summed E-state index contributed by atoms with van der Waals surface area (Å²) in [5.74, 6) is -1.21. The van der Waals surface area contributed by atoms with E-state index in [1.54, 1.807) is 12.1 Å². The molecule has 0 atom stereocenters. The minimum absolute atomic E-state index is 0.0484. The van der Waals surface area contributed by atoms with Crippen molar-refractivity contribution in [1.82, 2.24) is 0 Å². The second-order valence-electron chi connectivity index (χ2n) is 4.59. The summed E-state index contributed by atoms with van der Waals surface area (Å²) in [5.41, 5.74) is 2.54. The Morgan fingerprint density at radius 2 is 2.00 bits per heavy atom. The lowest BCUT2D eigenvalue weighted by molar-refractivity contribution is 0.0478. The van der Waals surface area contributed by atoms with E-state index in [0.29, 0.717) is 22.3 Å². The van der Waals surface area contributed by atoms with E-state index in [1.807, 2.05) is 13.0 Å². The van der Waals surface area contributed by atoms with Gasteiger partial charge in [0.15, 0.2) is 0 Å². The van der Waals surface area contributed by atoms with Gasteiger partial charge in [-0.2, -0.15) is 0 Å². The first-order chi connectivity index (χ1) is 9.06. The van der Waals surface area contributed by atoms with Crippen molar-refractivity contribution in [3.8, 4) is 16.9 Å². The number of fused-ring (bicyclic) bond motifs is 3. The molecule has 2 aromatic rings. The molecule has 0 aliphatic carbocycles. The molecule has 4 heteroatoms. The van der Waals surface area contributed by atoms with E-state index >= 15 is 0 Å². The van der Waals surface area contributed by atoms with Crippen molar-refractivity contribution in [2.75, 3.05) is 0 Å². The number of halogens is 1. The molecule has 0 fully saturated rings. The summed E-state index contributed by atoms with van der Waals surface area (Å²) in [4.78, 5) is 11.9. The monoisotopic (exact) mass is 258 g/mol. The summed E-state index contributed by atoms with van der Waals surface area (Å²) >= 11 is 0. The van der Waals surface area contributed by atoms with Crippen LogP contribution in [0.5, 0.6) is 5.75 Å². The van der Waals surface area contributed by atoms with Crippen LogP contribution in [0.15, 0.2) is 30.3 Å². The van der Waals surface area contributed by atoms with Crippen molar-refractivity contribution >= 4 is 5.97 Å².